The number of methoxy groups -OCH3 is 1. The van der Waals surface area contributed by atoms with Gasteiger partial charge in [-0.2, -0.15) is 5.10 Å². The number of hydrogen-bond acceptors (Lipinski definition) is 7. The molecule has 0 radical (unpaired) electrons. The number of nitrogens with two attached hydrogens (primary N) is 1. The number of nitrogens with zero attached hydrogens (tertiary/aromatic N) is 5. The normalized spacial score (nSPS) is 12.0. The highest BCUT2D eigenvalue weighted by molar-refractivity contribution is 5.58. The van der Waals surface area contributed by atoms with Gasteiger partial charge < -0.3 is 15.8 Å². The van der Waals surface area contributed by atoms with Gasteiger partial charge in [0.05, 0.1) is 18.8 Å². The summed E-state index contributed by atoms with van der Waals surface area (Å²) in [6.45, 7) is 3.85. The lowest BCUT2D eigenvalue weighted by atomic mass is 10.1. The topological polar surface area (TPSA) is 112 Å². The van der Waals surface area contributed by atoms with Crippen LogP contribution in [0.25, 0.3) is 11.2 Å². The molecule has 5 aromatic rings. The number of nitrogens with one attached hydrogen (secondary N) is 1. The molecule has 0 spiro atoms. The second-order valence-corrected chi connectivity index (χ2v) is 8.61. The van der Waals surface area contributed by atoms with Gasteiger partial charge in [-0.3, -0.25) is 9.36 Å². The zero-order chi connectivity index (χ0) is 25.2. The Morgan fingerprint density at radius 2 is 1.89 bits per heavy atom. The molecule has 3 N–H and O–H groups in total. The highest BCUT2D eigenvalue weighted by Crippen LogP contribution is 2.27. The predicted molar refractivity (Wildman–Crippen MR) is 140 cm³/mol. The van der Waals surface area contributed by atoms with Gasteiger partial charge in [0, 0.05) is 18.2 Å². The molecule has 36 heavy (non-hydrogen) atoms. The van der Waals surface area contributed by atoms with Gasteiger partial charge in [0.2, 0.25) is 0 Å². The molecule has 3 aromatic heterocycles. The zero-order valence-corrected chi connectivity index (χ0v) is 20.3. The lowest BCUT2D eigenvalue weighted by Crippen LogP contribution is -2.29. The number of benzene rings is 2. The fraction of sp³-hybridized carbons (Fsp3) is 0.185. The Balaban J connectivity index is 1.57. The third-order valence-electron chi connectivity index (χ3n) is 6.16. The van der Waals surface area contributed by atoms with Crippen LogP contribution in [0.5, 0.6) is 5.75 Å². The van der Waals surface area contributed by atoms with Crippen molar-refractivity contribution in [1.82, 2.24) is 24.1 Å². The van der Waals surface area contributed by atoms with Crippen LogP contribution in [0.3, 0.4) is 0 Å². The van der Waals surface area contributed by atoms with Crippen LogP contribution in [0.4, 0.5) is 11.6 Å². The number of anilines is 2. The van der Waals surface area contributed by atoms with Crippen molar-refractivity contribution in [3.8, 4) is 11.4 Å². The first-order valence-electron chi connectivity index (χ1n) is 11.6. The summed E-state index contributed by atoms with van der Waals surface area (Å²) >= 11 is 0. The maximum absolute atomic E-state index is 13.6. The second kappa shape index (κ2) is 9.53. The van der Waals surface area contributed by atoms with E-state index in [0.29, 0.717) is 29.4 Å². The van der Waals surface area contributed by atoms with Crippen LogP contribution in [0, 0.1) is 6.92 Å². The van der Waals surface area contributed by atoms with Crippen molar-refractivity contribution in [2.45, 2.75) is 26.3 Å². The number of aryl methyl sites for hydroxylation is 1. The maximum Gasteiger partial charge on any atom is 0.282 e. The van der Waals surface area contributed by atoms with Gasteiger partial charge in [-0.15, -0.1) is 0 Å². The molecule has 0 bridgehead atoms. The van der Waals surface area contributed by atoms with E-state index in [0.717, 1.165) is 28.1 Å². The van der Waals surface area contributed by atoms with E-state index >= 15 is 0 Å². The molecule has 0 aliphatic carbocycles. The molecule has 0 fully saturated rings. The Hall–Kier alpha value is -4.66. The third-order valence-corrected chi connectivity index (χ3v) is 6.16. The molecule has 0 saturated carbocycles. The van der Waals surface area contributed by atoms with E-state index in [9.17, 15) is 4.79 Å². The molecule has 0 amide bonds. The van der Waals surface area contributed by atoms with Gasteiger partial charge in [-0.1, -0.05) is 30.3 Å². The van der Waals surface area contributed by atoms with Crippen molar-refractivity contribution < 1.29 is 4.74 Å². The molecule has 9 heteroatoms. The smallest absolute Gasteiger partial charge is 0.282 e. The molecule has 2 aromatic carbocycles. The van der Waals surface area contributed by atoms with Crippen LogP contribution in [0.15, 0.2) is 78.0 Å². The van der Waals surface area contributed by atoms with E-state index in [1.165, 1.54) is 6.33 Å². The first-order valence-corrected chi connectivity index (χ1v) is 11.6. The van der Waals surface area contributed by atoms with E-state index < -0.39 is 0 Å². The summed E-state index contributed by atoms with van der Waals surface area (Å²) < 4.78 is 8.64. The Morgan fingerprint density at radius 3 is 2.67 bits per heavy atom. The highest BCUT2D eigenvalue weighted by atomic mass is 16.5. The second-order valence-electron chi connectivity index (χ2n) is 8.61. The van der Waals surface area contributed by atoms with Gasteiger partial charge in [0.15, 0.2) is 5.82 Å². The Kier molecular flexibility index (Phi) is 6.12. The first-order chi connectivity index (χ1) is 17.5. The van der Waals surface area contributed by atoms with Crippen molar-refractivity contribution >= 4 is 17.2 Å². The number of para-hydroxylation sites is 1. The quantitative estimate of drug-likeness (QED) is 0.362. The van der Waals surface area contributed by atoms with Crippen LogP contribution >= 0.6 is 0 Å². The molecule has 182 valence electrons. The molecule has 3 heterocycles. The maximum atomic E-state index is 13.6. The molecule has 0 aliphatic heterocycles. The van der Waals surface area contributed by atoms with Crippen molar-refractivity contribution in [3.63, 3.8) is 0 Å². The van der Waals surface area contributed by atoms with Crippen LogP contribution < -0.4 is 21.3 Å². The molecule has 1 atom stereocenters. The average Bonchev–Trinajstić information content (AvgIpc) is 3.27. The summed E-state index contributed by atoms with van der Waals surface area (Å²) in [5.74, 6) is 2.26. The van der Waals surface area contributed by atoms with E-state index in [1.54, 1.807) is 22.4 Å². The summed E-state index contributed by atoms with van der Waals surface area (Å²) in [5, 5.41) is 8.24. The number of rotatable bonds is 7. The number of ether oxygens (including phenoxy) is 1. The molecule has 1 unspecified atom stereocenters. The summed E-state index contributed by atoms with van der Waals surface area (Å²) in [7, 11) is 1.64. The lowest BCUT2D eigenvalue weighted by Gasteiger charge is -2.21. The monoisotopic (exact) mass is 481 g/mol. The molecular weight excluding hydrogens is 454 g/mol. The minimum Gasteiger partial charge on any atom is -0.497 e. The summed E-state index contributed by atoms with van der Waals surface area (Å²) in [5.41, 5.74) is 10.1. The predicted octanol–water partition coefficient (Wildman–Crippen LogP) is 3.94. The van der Waals surface area contributed by atoms with Gasteiger partial charge in [-0.25, -0.2) is 14.5 Å². The Bertz CT molecular complexity index is 1590. The Labute approximate surface area is 208 Å². The largest absolute Gasteiger partial charge is 0.497 e. The fourth-order valence-electron chi connectivity index (χ4n) is 4.32. The average molecular weight is 482 g/mol. The van der Waals surface area contributed by atoms with Crippen LogP contribution in [-0.4, -0.2) is 31.3 Å². The molecule has 9 nitrogen and oxygen atoms in total. The van der Waals surface area contributed by atoms with Gasteiger partial charge in [0.1, 0.15) is 29.2 Å². The minimum absolute atomic E-state index is 0.138. The molecular formula is C27H27N7O2. The number of hydrogen-bond donors (Lipinski definition) is 2. The molecule has 0 saturated heterocycles. The van der Waals surface area contributed by atoms with Gasteiger partial charge >= 0.3 is 0 Å². The zero-order valence-electron chi connectivity index (χ0n) is 20.3. The van der Waals surface area contributed by atoms with E-state index in [-0.39, 0.29) is 11.6 Å². The number of nitrogen functional groups attached to an aromatic ring is 1. The fourth-order valence-corrected chi connectivity index (χ4v) is 4.32. The lowest BCUT2D eigenvalue weighted by molar-refractivity contribution is 0.414. The first kappa shape index (κ1) is 23.1. The van der Waals surface area contributed by atoms with Crippen LogP contribution in [0.1, 0.15) is 35.5 Å². The van der Waals surface area contributed by atoms with Gasteiger partial charge in [-0.05, 0) is 55.3 Å². The number of fused-ring (bicyclic) bond motifs is 1. The number of aromatic nitrogens is 5. The van der Waals surface area contributed by atoms with E-state index in [4.69, 9.17) is 15.6 Å². The highest BCUT2D eigenvalue weighted by Gasteiger charge is 2.21. The summed E-state index contributed by atoms with van der Waals surface area (Å²) in [4.78, 5) is 22.3. The van der Waals surface area contributed by atoms with Crippen molar-refractivity contribution in [2.24, 2.45) is 0 Å². The summed E-state index contributed by atoms with van der Waals surface area (Å²) in [6, 6.07) is 18.8. The van der Waals surface area contributed by atoms with Crippen molar-refractivity contribution in [1.29, 1.82) is 0 Å². The van der Waals surface area contributed by atoms with Crippen molar-refractivity contribution in [2.75, 3.05) is 18.2 Å². The van der Waals surface area contributed by atoms with Crippen LogP contribution in [0.2, 0.25) is 0 Å². The van der Waals surface area contributed by atoms with E-state index in [1.807, 2.05) is 74.5 Å². The molecule has 5 rings (SSSR count). The van der Waals surface area contributed by atoms with E-state index in [2.05, 4.69) is 15.3 Å². The summed E-state index contributed by atoms with van der Waals surface area (Å²) in [6.07, 6.45) is 3.73. The third kappa shape index (κ3) is 4.26. The van der Waals surface area contributed by atoms with Gasteiger partial charge in [0.25, 0.3) is 5.56 Å². The minimum atomic E-state index is -0.386. The van der Waals surface area contributed by atoms with Crippen molar-refractivity contribution in [3.05, 3.63) is 106 Å². The van der Waals surface area contributed by atoms with Crippen LogP contribution in [-0.2, 0) is 6.42 Å². The molecule has 0 aliphatic rings. The Morgan fingerprint density at radius 1 is 1.08 bits per heavy atom. The standard InChI is InChI=1S/C27H27N7O2/c1-17-12-13-33-23(17)27(35)34(20-9-5-4-6-10-20)26(32-33)18(2)31-25-22(24(28)29-16-30-25)15-19-8-7-11-21(14-19)36-3/h4-14,16,18H,15H2,1-3H3,(H3,28,29,30,31). The SMILES string of the molecule is COc1cccc(Cc2c(N)ncnc2NC(C)c2nn3ccc(C)c3c(=O)n2-c2ccccc2)c1.